The number of nitrogens with two attached hydrogens (primary N) is 1. The van der Waals surface area contributed by atoms with Crippen LogP contribution < -0.4 is 21.7 Å². The first-order valence-corrected chi connectivity index (χ1v) is 7.27. The standard InChI is InChI=1S/C13H22N4O8/c1-6(11(23)15-4-10(21)22)16-13(25)8(5-18)17-12(24)7(14)2-3-9(19)20/h6-8,18H,2-5,14H2,1H3,(H,15,23)(H,16,25)(H,17,24)(H,19,20)(H,21,22). The van der Waals surface area contributed by atoms with Crippen LogP contribution in [0.1, 0.15) is 19.8 Å². The van der Waals surface area contributed by atoms with Crippen molar-refractivity contribution in [1.29, 1.82) is 0 Å². The van der Waals surface area contributed by atoms with E-state index in [4.69, 9.17) is 15.9 Å². The zero-order valence-corrected chi connectivity index (χ0v) is 13.5. The summed E-state index contributed by atoms with van der Waals surface area (Å²) in [5.74, 6) is -4.89. The summed E-state index contributed by atoms with van der Waals surface area (Å²) >= 11 is 0. The van der Waals surface area contributed by atoms with Gasteiger partial charge in [-0.25, -0.2) is 0 Å². The van der Waals surface area contributed by atoms with Crippen molar-refractivity contribution in [2.75, 3.05) is 13.2 Å². The Morgan fingerprint density at radius 1 is 0.960 bits per heavy atom. The number of aliphatic hydroxyl groups excluding tert-OH is 1. The Hall–Kier alpha value is -2.73. The lowest BCUT2D eigenvalue weighted by atomic mass is 10.1. The van der Waals surface area contributed by atoms with E-state index in [-0.39, 0.29) is 12.8 Å². The molecular weight excluding hydrogens is 340 g/mol. The maximum atomic E-state index is 11.9. The normalized spacial score (nSPS) is 13.9. The van der Waals surface area contributed by atoms with Crippen LogP contribution in [-0.2, 0) is 24.0 Å². The topological polar surface area (TPSA) is 208 Å². The predicted octanol–water partition coefficient (Wildman–Crippen LogP) is -3.64. The minimum atomic E-state index is -1.40. The lowest BCUT2D eigenvalue weighted by Gasteiger charge is -2.21. The van der Waals surface area contributed by atoms with E-state index in [1.807, 2.05) is 0 Å². The number of hydrogen-bond acceptors (Lipinski definition) is 7. The minimum Gasteiger partial charge on any atom is -0.481 e. The van der Waals surface area contributed by atoms with Gasteiger partial charge in [0.15, 0.2) is 0 Å². The van der Waals surface area contributed by atoms with Crippen molar-refractivity contribution in [2.24, 2.45) is 5.73 Å². The number of carbonyl (C=O) groups excluding carboxylic acids is 3. The SMILES string of the molecule is CC(NC(=O)C(CO)NC(=O)C(N)CCC(=O)O)C(=O)NCC(=O)O. The second kappa shape index (κ2) is 10.9. The molecule has 25 heavy (non-hydrogen) atoms. The highest BCUT2D eigenvalue weighted by Crippen LogP contribution is 1.96. The molecule has 12 nitrogen and oxygen atoms in total. The van der Waals surface area contributed by atoms with Gasteiger partial charge in [0, 0.05) is 6.42 Å². The molecule has 0 heterocycles. The van der Waals surface area contributed by atoms with Crippen molar-refractivity contribution in [2.45, 2.75) is 37.9 Å². The van der Waals surface area contributed by atoms with E-state index in [9.17, 15) is 29.1 Å². The molecule has 0 aromatic carbocycles. The number of carboxylic acids is 2. The third-order valence-electron chi connectivity index (χ3n) is 2.99. The molecule has 0 fully saturated rings. The smallest absolute Gasteiger partial charge is 0.322 e. The summed E-state index contributed by atoms with van der Waals surface area (Å²) in [5.41, 5.74) is 5.48. The van der Waals surface area contributed by atoms with Crippen LogP contribution in [0.25, 0.3) is 0 Å². The number of aliphatic hydroxyl groups is 1. The summed E-state index contributed by atoms with van der Waals surface area (Å²) in [5, 5.41) is 32.5. The molecule has 3 amide bonds. The zero-order chi connectivity index (χ0) is 19.6. The molecule has 0 saturated heterocycles. The van der Waals surface area contributed by atoms with Gasteiger partial charge in [0.25, 0.3) is 0 Å². The monoisotopic (exact) mass is 362 g/mol. The van der Waals surface area contributed by atoms with Gasteiger partial charge in [-0.3, -0.25) is 24.0 Å². The fourth-order valence-electron chi connectivity index (χ4n) is 1.58. The third kappa shape index (κ3) is 9.22. The van der Waals surface area contributed by atoms with Gasteiger partial charge in [-0.05, 0) is 13.3 Å². The summed E-state index contributed by atoms with van der Waals surface area (Å²) in [6, 6.07) is -3.70. The number of hydrogen-bond donors (Lipinski definition) is 7. The molecule has 12 heteroatoms. The first-order chi connectivity index (χ1) is 11.6. The average molecular weight is 362 g/mol. The Bertz CT molecular complexity index is 524. The van der Waals surface area contributed by atoms with Gasteiger partial charge in [0.1, 0.15) is 18.6 Å². The van der Waals surface area contributed by atoms with Crippen molar-refractivity contribution in [3.63, 3.8) is 0 Å². The average Bonchev–Trinajstić information content (AvgIpc) is 2.54. The lowest BCUT2D eigenvalue weighted by Crippen LogP contribution is -2.56. The molecule has 3 atom stereocenters. The number of carboxylic acid groups (broad SMARTS) is 2. The molecule has 0 saturated carbocycles. The summed E-state index contributed by atoms with van der Waals surface area (Å²) < 4.78 is 0. The van der Waals surface area contributed by atoms with Gasteiger partial charge in [-0.1, -0.05) is 0 Å². The largest absolute Gasteiger partial charge is 0.481 e. The van der Waals surface area contributed by atoms with Gasteiger partial charge in [-0.15, -0.1) is 0 Å². The number of rotatable bonds is 11. The van der Waals surface area contributed by atoms with Gasteiger partial charge >= 0.3 is 11.9 Å². The quantitative estimate of drug-likeness (QED) is 0.193. The van der Waals surface area contributed by atoms with Gasteiger partial charge in [0.05, 0.1) is 12.6 Å². The molecule has 0 spiro atoms. The number of aliphatic carboxylic acids is 2. The molecule has 0 aliphatic carbocycles. The van der Waals surface area contributed by atoms with Gasteiger partial charge < -0.3 is 37.0 Å². The number of amides is 3. The van der Waals surface area contributed by atoms with Gasteiger partial charge in [-0.2, -0.15) is 0 Å². The number of nitrogens with one attached hydrogen (secondary N) is 3. The van der Waals surface area contributed by atoms with Crippen LogP contribution in [0.4, 0.5) is 0 Å². The number of carbonyl (C=O) groups is 5. The van der Waals surface area contributed by atoms with Crippen LogP contribution in [-0.4, -0.2) is 76.3 Å². The molecule has 0 radical (unpaired) electrons. The molecule has 0 aromatic heterocycles. The van der Waals surface area contributed by atoms with Gasteiger partial charge in [0.2, 0.25) is 17.7 Å². The van der Waals surface area contributed by atoms with Crippen LogP contribution in [0, 0.1) is 0 Å². The Morgan fingerprint density at radius 2 is 1.56 bits per heavy atom. The second-order valence-corrected chi connectivity index (χ2v) is 5.12. The van der Waals surface area contributed by atoms with E-state index in [1.165, 1.54) is 6.92 Å². The van der Waals surface area contributed by atoms with Crippen molar-refractivity contribution in [1.82, 2.24) is 16.0 Å². The molecule has 0 aliphatic rings. The minimum absolute atomic E-state index is 0.158. The molecule has 0 rings (SSSR count). The molecule has 0 aromatic rings. The maximum absolute atomic E-state index is 11.9. The fourth-order valence-corrected chi connectivity index (χ4v) is 1.58. The molecule has 0 bridgehead atoms. The highest BCUT2D eigenvalue weighted by Gasteiger charge is 2.26. The lowest BCUT2D eigenvalue weighted by molar-refractivity contribution is -0.139. The van der Waals surface area contributed by atoms with Crippen LogP contribution >= 0.6 is 0 Å². The third-order valence-corrected chi connectivity index (χ3v) is 2.99. The van der Waals surface area contributed by atoms with Crippen LogP contribution in [0.15, 0.2) is 0 Å². The summed E-state index contributed by atoms with van der Waals surface area (Å²) in [4.78, 5) is 56.0. The highest BCUT2D eigenvalue weighted by molar-refractivity contribution is 5.93. The zero-order valence-electron chi connectivity index (χ0n) is 13.5. The first-order valence-electron chi connectivity index (χ1n) is 7.27. The van der Waals surface area contributed by atoms with E-state index >= 15 is 0 Å². The summed E-state index contributed by atoms with van der Waals surface area (Å²) in [6.45, 7) is -0.131. The van der Waals surface area contributed by atoms with E-state index in [2.05, 4.69) is 16.0 Å². The Labute approximate surface area is 142 Å². The highest BCUT2D eigenvalue weighted by atomic mass is 16.4. The summed E-state index contributed by atoms with van der Waals surface area (Å²) in [6.07, 6.45) is -0.500. The first kappa shape index (κ1) is 22.3. The van der Waals surface area contributed by atoms with Crippen molar-refractivity contribution in [3.05, 3.63) is 0 Å². The van der Waals surface area contributed by atoms with Crippen molar-refractivity contribution in [3.8, 4) is 0 Å². The van der Waals surface area contributed by atoms with E-state index in [0.29, 0.717) is 0 Å². The summed E-state index contributed by atoms with van der Waals surface area (Å²) in [7, 11) is 0. The van der Waals surface area contributed by atoms with E-state index in [0.717, 1.165) is 0 Å². The molecule has 8 N–H and O–H groups in total. The molecule has 0 aliphatic heterocycles. The fraction of sp³-hybridized carbons (Fsp3) is 0.615. The molecule has 3 unspecified atom stereocenters. The van der Waals surface area contributed by atoms with Crippen molar-refractivity contribution >= 4 is 29.7 Å². The van der Waals surface area contributed by atoms with Crippen molar-refractivity contribution < 1.29 is 39.3 Å². The van der Waals surface area contributed by atoms with Crippen LogP contribution in [0.2, 0.25) is 0 Å². The predicted molar refractivity (Wildman–Crippen MR) is 82.1 cm³/mol. The maximum Gasteiger partial charge on any atom is 0.322 e. The Balaban J connectivity index is 4.54. The van der Waals surface area contributed by atoms with Crippen LogP contribution in [0.3, 0.4) is 0 Å². The Morgan fingerprint density at radius 3 is 2.04 bits per heavy atom. The second-order valence-electron chi connectivity index (χ2n) is 5.12. The molecule has 142 valence electrons. The Kier molecular flexibility index (Phi) is 9.74. The van der Waals surface area contributed by atoms with Crippen LogP contribution in [0.5, 0.6) is 0 Å². The van der Waals surface area contributed by atoms with E-state index in [1.54, 1.807) is 0 Å². The molecular formula is C13H22N4O8. The van der Waals surface area contributed by atoms with E-state index < -0.39 is 60.9 Å².